The van der Waals surface area contributed by atoms with Gasteiger partial charge in [0.25, 0.3) is 5.91 Å². The predicted molar refractivity (Wildman–Crippen MR) is 102 cm³/mol. The van der Waals surface area contributed by atoms with Gasteiger partial charge in [0, 0.05) is 13.1 Å². The summed E-state index contributed by atoms with van der Waals surface area (Å²) >= 11 is 0. The normalized spacial score (nSPS) is 11.9. The zero-order chi connectivity index (χ0) is 18.5. The number of hydrogen-bond acceptors (Lipinski definition) is 5. The van der Waals surface area contributed by atoms with E-state index in [0.717, 1.165) is 22.6 Å². The monoisotopic (exact) mass is 361 g/mol. The quantitative estimate of drug-likeness (QED) is 0.704. The molecule has 0 bridgehead atoms. The fourth-order valence-electron chi connectivity index (χ4n) is 2.77. The van der Waals surface area contributed by atoms with Gasteiger partial charge in [-0.1, -0.05) is 42.5 Å². The Bertz CT molecular complexity index is 944. The maximum Gasteiger partial charge on any atom is 0.270 e. The lowest BCUT2D eigenvalue weighted by Gasteiger charge is -2.09. The van der Waals surface area contributed by atoms with E-state index >= 15 is 0 Å². The summed E-state index contributed by atoms with van der Waals surface area (Å²) in [6.07, 6.45) is 0. The number of rotatable bonds is 6. The van der Waals surface area contributed by atoms with E-state index in [1.165, 1.54) is 0 Å². The van der Waals surface area contributed by atoms with Gasteiger partial charge in [0.2, 0.25) is 6.79 Å². The second-order valence-electron chi connectivity index (χ2n) is 6.12. The highest BCUT2D eigenvalue weighted by molar-refractivity contribution is 5.92. The van der Waals surface area contributed by atoms with Gasteiger partial charge in [-0.05, 0) is 35.4 Å². The molecule has 1 aromatic heterocycles. The molecule has 0 atom stereocenters. The number of carbonyl (C=O) groups excluding carboxylic acids is 1. The predicted octanol–water partition coefficient (Wildman–Crippen LogP) is 3.35. The molecule has 0 fully saturated rings. The van der Waals surface area contributed by atoms with Gasteiger partial charge in [0.15, 0.2) is 11.5 Å². The number of carbonyl (C=O) groups is 1. The first-order valence-corrected chi connectivity index (χ1v) is 8.69. The minimum Gasteiger partial charge on any atom is -0.454 e. The SMILES string of the molecule is O=C(NCc1ccccc1)c1cccc(NCc2ccc3c(c2)OCO3)n1. The van der Waals surface area contributed by atoms with E-state index < -0.39 is 0 Å². The number of pyridine rings is 1. The van der Waals surface area contributed by atoms with Crippen molar-refractivity contribution >= 4 is 11.7 Å². The Labute approximate surface area is 157 Å². The molecule has 0 unspecified atom stereocenters. The minimum absolute atomic E-state index is 0.203. The van der Waals surface area contributed by atoms with Crippen molar-refractivity contribution in [1.29, 1.82) is 0 Å². The fraction of sp³-hybridized carbons (Fsp3) is 0.143. The number of benzene rings is 2. The van der Waals surface area contributed by atoms with E-state index in [4.69, 9.17) is 9.47 Å². The van der Waals surface area contributed by atoms with Crippen LogP contribution >= 0.6 is 0 Å². The van der Waals surface area contributed by atoms with Crippen LogP contribution in [0.3, 0.4) is 0 Å². The van der Waals surface area contributed by atoms with Gasteiger partial charge in [-0.15, -0.1) is 0 Å². The molecule has 0 aliphatic carbocycles. The molecule has 3 aromatic rings. The number of anilines is 1. The van der Waals surface area contributed by atoms with Gasteiger partial charge < -0.3 is 20.1 Å². The van der Waals surface area contributed by atoms with Crippen LogP contribution in [0.2, 0.25) is 0 Å². The molecule has 0 saturated heterocycles. The third-order valence-corrected chi connectivity index (χ3v) is 4.19. The number of aromatic nitrogens is 1. The average Bonchev–Trinajstić information content (AvgIpc) is 3.19. The Morgan fingerprint density at radius 2 is 1.74 bits per heavy atom. The van der Waals surface area contributed by atoms with Crippen LogP contribution in [-0.4, -0.2) is 17.7 Å². The van der Waals surface area contributed by atoms with E-state index in [1.807, 2.05) is 60.7 Å². The van der Waals surface area contributed by atoms with Gasteiger partial charge in [0.05, 0.1) is 0 Å². The van der Waals surface area contributed by atoms with Crippen molar-refractivity contribution in [3.8, 4) is 11.5 Å². The molecule has 136 valence electrons. The maximum absolute atomic E-state index is 12.3. The van der Waals surface area contributed by atoms with Crippen molar-refractivity contribution in [3.05, 3.63) is 83.6 Å². The van der Waals surface area contributed by atoms with Crippen LogP contribution < -0.4 is 20.1 Å². The third kappa shape index (κ3) is 4.17. The fourth-order valence-corrected chi connectivity index (χ4v) is 2.77. The van der Waals surface area contributed by atoms with Crippen molar-refractivity contribution in [2.45, 2.75) is 13.1 Å². The van der Waals surface area contributed by atoms with Gasteiger partial charge in [-0.25, -0.2) is 4.98 Å². The Balaban J connectivity index is 1.36. The van der Waals surface area contributed by atoms with Crippen molar-refractivity contribution in [1.82, 2.24) is 10.3 Å². The zero-order valence-corrected chi connectivity index (χ0v) is 14.6. The molecule has 0 spiro atoms. The lowest BCUT2D eigenvalue weighted by Crippen LogP contribution is -2.24. The summed E-state index contributed by atoms with van der Waals surface area (Å²) < 4.78 is 10.7. The van der Waals surface area contributed by atoms with Crippen molar-refractivity contribution < 1.29 is 14.3 Å². The number of amides is 1. The lowest BCUT2D eigenvalue weighted by atomic mass is 10.2. The van der Waals surface area contributed by atoms with Crippen molar-refractivity contribution in [2.24, 2.45) is 0 Å². The average molecular weight is 361 g/mol. The number of nitrogens with zero attached hydrogens (tertiary/aromatic N) is 1. The van der Waals surface area contributed by atoms with E-state index in [9.17, 15) is 4.79 Å². The molecular weight excluding hydrogens is 342 g/mol. The number of hydrogen-bond donors (Lipinski definition) is 2. The standard InChI is InChI=1S/C21H19N3O3/c25-21(23-12-15-5-2-1-3-6-15)17-7-4-8-20(24-17)22-13-16-9-10-18-19(11-16)27-14-26-18/h1-11H,12-14H2,(H,22,24)(H,23,25). The highest BCUT2D eigenvalue weighted by Gasteiger charge is 2.13. The molecule has 0 radical (unpaired) electrons. The largest absolute Gasteiger partial charge is 0.454 e. The highest BCUT2D eigenvalue weighted by atomic mass is 16.7. The molecule has 2 N–H and O–H groups in total. The molecule has 27 heavy (non-hydrogen) atoms. The molecule has 2 aromatic carbocycles. The number of nitrogens with one attached hydrogen (secondary N) is 2. The first-order valence-electron chi connectivity index (χ1n) is 8.69. The molecule has 1 aliphatic heterocycles. The van der Waals surface area contributed by atoms with E-state index in [-0.39, 0.29) is 12.7 Å². The van der Waals surface area contributed by atoms with Gasteiger partial charge >= 0.3 is 0 Å². The van der Waals surface area contributed by atoms with Gasteiger partial charge in [0.1, 0.15) is 11.5 Å². The van der Waals surface area contributed by atoms with Crippen LogP contribution in [0.1, 0.15) is 21.6 Å². The van der Waals surface area contributed by atoms with Gasteiger partial charge in [-0.2, -0.15) is 0 Å². The smallest absolute Gasteiger partial charge is 0.270 e. The Hall–Kier alpha value is -3.54. The minimum atomic E-state index is -0.203. The maximum atomic E-state index is 12.3. The van der Waals surface area contributed by atoms with E-state index in [1.54, 1.807) is 6.07 Å². The Kier molecular flexibility index (Phi) is 4.87. The molecule has 2 heterocycles. The molecule has 0 saturated carbocycles. The molecule has 4 rings (SSSR count). The summed E-state index contributed by atoms with van der Waals surface area (Å²) in [4.78, 5) is 16.7. The molecule has 1 aliphatic rings. The van der Waals surface area contributed by atoms with Crippen LogP contribution in [0.4, 0.5) is 5.82 Å². The summed E-state index contributed by atoms with van der Waals surface area (Å²) in [5.41, 5.74) is 2.46. The number of fused-ring (bicyclic) bond motifs is 1. The van der Waals surface area contributed by atoms with Crippen LogP contribution in [0.15, 0.2) is 66.7 Å². The summed E-state index contributed by atoms with van der Waals surface area (Å²) in [5, 5.41) is 6.12. The van der Waals surface area contributed by atoms with Crippen LogP contribution in [0, 0.1) is 0 Å². The first kappa shape index (κ1) is 16.9. The highest BCUT2D eigenvalue weighted by Crippen LogP contribution is 2.32. The summed E-state index contributed by atoms with van der Waals surface area (Å²) in [7, 11) is 0. The lowest BCUT2D eigenvalue weighted by molar-refractivity contribution is 0.0946. The van der Waals surface area contributed by atoms with Crippen LogP contribution in [0.25, 0.3) is 0 Å². The third-order valence-electron chi connectivity index (χ3n) is 4.19. The topological polar surface area (TPSA) is 72.5 Å². The summed E-state index contributed by atoms with van der Waals surface area (Å²) in [6, 6.07) is 20.9. The molecule has 6 heteroatoms. The number of ether oxygens (including phenoxy) is 2. The van der Waals surface area contributed by atoms with E-state index in [2.05, 4.69) is 15.6 Å². The molecule has 6 nitrogen and oxygen atoms in total. The Morgan fingerprint density at radius 3 is 2.63 bits per heavy atom. The Morgan fingerprint density at radius 1 is 0.889 bits per heavy atom. The van der Waals surface area contributed by atoms with E-state index in [0.29, 0.717) is 24.6 Å². The molecule has 1 amide bonds. The zero-order valence-electron chi connectivity index (χ0n) is 14.6. The van der Waals surface area contributed by atoms with Gasteiger partial charge in [-0.3, -0.25) is 4.79 Å². The summed E-state index contributed by atoms with van der Waals surface area (Å²) in [6.45, 7) is 1.29. The summed E-state index contributed by atoms with van der Waals surface area (Å²) in [5.74, 6) is 1.94. The molecular formula is C21H19N3O3. The van der Waals surface area contributed by atoms with Crippen LogP contribution in [0.5, 0.6) is 11.5 Å². The van der Waals surface area contributed by atoms with Crippen LogP contribution in [-0.2, 0) is 13.1 Å². The van der Waals surface area contributed by atoms with Crippen molar-refractivity contribution in [2.75, 3.05) is 12.1 Å². The first-order chi connectivity index (χ1) is 13.3. The van der Waals surface area contributed by atoms with Crippen molar-refractivity contribution in [3.63, 3.8) is 0 Å². The second kappa shape index (κ2) is 7.78. The second-order valence-corrected chi connectivity index (χ2v) is 6.12.